The van der Waals surface area contributed by atoms with Crippen LogP contribution in [0.2, 0.25) is 0 Å². The number of hydrogen-bond donors (Lipinski definition) is 4. The Morgan fingerprint density at radius 3 is 1.33 bits per heavy atom. The van der Waals surface area contributed by atoms with Crippen LogP contribution in [-0.2, 0) is 12.4 Å². The van der Waals surface area contributed by atoms with E-state index in [1.807, 2.05) is 0 Å². The van der Waals surface area contributed by atoms with Gasteiger partial charge in [0.2, 0.25) is 0 Å². The van der Waals surface area contributed by atoms with Crippen molar-refractivity contribution in [1.29, 1.82) is 0 Å². The number of amides is 2. The van der Waals surface area contributed by atoms with Crippen LogP contribution in [0.25, 0.3) is 22.3 Å². The summed E-state index contributed by atoms with van der Waals surface area (Å²) in [5, 5.41) is 5.14. The maximum atomic E-state index is 14.0. The van der Waals surface area contributed by atoms with Gasteiger partial charge in [-0.15, -0.1) is 0 Å². The summed E-state index contributed by atoms with van der Waals surface area (Å²) in [6.07, 6.45) is -9.33. The monoisotopic (exact) mass is 662 g/mol. The Morgan fingerprint density at radius 1 is 0.500 bits per heavy atom. The van der Waals surface area contributed by atoms with E-state index in [0.717, 1.165) is 12.1 Å². The molecule has 246 valence electrons. The first-order valence-corrected chi connectivity index (χ1v) is 14.4. The molecule has 0 radical (unpaired) electrons. The number of hydrogen-bond acceptors (Lipinski definition) is 4. The summed E-state index contributed by atoms with van der Waals surface area (Å²) in [5.74, 6) is -1.25. The van der Waals surface area contributed by atoms with Crippen LogP contribution in [0, 0.1) is 13.8 Å². The molecule has 0 unspecified atom stereocenters. The van der Waals surface area contributed by atoms with E-state index in [4.69, 9.17) is 11.5 Å². The molecular formula is C36H28F6N4O2. The number of alkyl halides is 6. The van der Waals surface area contributed by atoms with Gasteiger partial charge in [0.1, 0.15) is 0 Å². The van der Waals surface area contributed by atoms with Gasteiger partial charge in [0.25, 0.3) is 11.8 Å². The first-order chi connectivity index (χ1) is 22.5. The molecule has 0 atom stereocenters. The van der Waals surface area contributed by atoms with Crippen LogP contribution in [0.1, 0.15) is 43.0 Å². The number of nitrogens with two attached hydrogens (primary N) is 2. The van der Waals surface area contributed by atoms with Gasteiger partial charge in [0.15, 0.2) is 0 Å². The third-order valence-corrected chi connectivity index (χ3v) is 7.66. The summed E-state index contributed by atoms with van der Waals surface area (Å²) in [7, 11) is 0. The Kier molecular flexibility index (Phi) is 8.94. The van der Waals surface area contributed by atoms with Crippen molar-refractivity contribution in [2.75, 3.05) is 22.1 Å². The summed E-state index contributed by atoms with van der Waals surface area (Å²) in [6, 6.07) is 21.5. The Balaban J connectivity index is 1.30. The van der Waals surface area contributed by atoms with E-state index < -0.39 is 35.3 Å². The van der Waals surface area contributed by atoms with Crippen molar-refractivity contribution in [2.45, 2.75) is 26.2 Å². The highest BCUT2D eigenvalue weighted by molar-refractivity contribution is 6.07. The Morgan fingerprint density at radius 2 is 0.875 bits per heavy atom. The Hall–Kier alpha value is -5.78. The quantitative estimate of drug-likeness (QED) is 0.107. The van der Waals surface area contributed by atoms with Crippen molar-refractivity contribution in [3.63, 3.8) is 0 Å². The largest absolute Gasteiger partial charge is 0.417 e. The molecule has 0 spiro atoms. The van der Waals surface area contributed by atoms with E-state index in [1.54, 1.807) is 19.9 Å². The molecule has 5 rings (SSSR count). The van der Waals surface area contributed by atoms with Crippen LogP contribution in [0.3, 0.4) is 0 Å². The normalized spacial score (nSPS) is 11.7. The number of nitrogens with one attached hydrogen (secondary N) is 2. The second-order valence-corrected chi connectivity index (χ2v) is 11.2. The molecule has 0 fully saturated rings. The van der Waals surface area contributed by atoms with Gasteiger partial charge >= 0.3 is 12.4 Å². The lowest BCUT2D eigenvalue weighted by Gasteiger charge is -2.17. The fraction of sp³-hybridized carbons (Fsp3) is 0.111. The lowest BCUT2D eigenvalue weighted by Crippen LogP contribution is -2.15. The molecule has 0 bridgehead atoms. The lowest BCUT2D eigenvalue weighted by molar-refractivity contribution is -0.137. The number of aryl methyl sites for hydroxylation is 2. The molecule has 0 aliphatic heterocycles. The van der Waals surface area contributed by atoms with Crippen LogP contribution < -0.4 is 22.1 Å². The van der Waals surface area contributed by atoms with Crippen molar-refractivity contribution in [1.82, 2.24) is 0 Å². The minimum absolute atomic E-state index is 0.0224. The second-order valence-electron chi connectivity index (χ2n) is 11.2. The number of anilines is 4. The van der Waals surface area contributed by atoms with Gasteiger partial charge in [0.05, 0.1) is 11.1 Å². The van der Waals surface area contributed by atoms with Gasteiger partial charge in [-0.3, -0.25) is 9.59 Å². The summed E-state index contributed by atoms with van der Waals surface area (Å²) >= 11 is 0. The van der Waals surface area contributed by atoms with Crippen LogP contribution >= 0.6 is 0 Å². The standard InChI is InChI=1S/C36H28F6N4O2/c1-19-15-23(43)7-11-27(19)30-14-10-26(18-32(30)36(40,41)42)46-34(48)22-5-3-21(4-6-22)33(47)45-25-9-13-28(20(2)16-25)29-12-8-24(44)17-31(29)35(37,38)39/h3-18H,43-44H2,1-2H3,(H,45,47)(H,46,48). The molecule has 0 aliphatic rings. The molecule has 6 nitrogen and oxygen atoms in total. The number of halogens is 6. The third-order valence-electron chi connectivity index (χ3n) is 7.66. The predicted octanol–water partition coefficient (Wildman–Crippen LogP) is 9.34. The van der Waals surface area contributed by atoms with Gasteiger partial charge in [-0.2, -0.15) is 26.3 Å². The smallest absolute Gasteiger partial charge is 0.399 e. The molecule has 0 aromatic heterocycles. The lowest BCUT2D eigenvalue weighted by atomic mass is 9.94. The highest BCUT2D eigenvalue weighted by Crippen LogP contribution is 2.41. The molecular weight excluding hydrogens is 634 g/mol. The zero-order valence-electron chi connectivity index (χ0n) is 25.5. The fourth-order valence-corrected chi connectivity index (χ4v) is 5.33. The van der Waals surface area contributed by atoms with Crippen molar-refractivity contribution in [3.8, 4) is 22.3 Å². The van der Waals surface area contributed by atoms with E-state index in [1.165, 1.54) is 78.9 Å². The average molecular weight is 663 g/mol. The zero-order chi connectivity index (χ0) is 35.0. The number of benzene rings is 5. The second kappa shape index (κ2) is 12.8. The maximum Gasteiger partial charge on any atom is 0.417 e. The van der Waals surface area contributed by atoms with Gasteiger partial charge < -0.3 is 22.1 Å². The van der Waals surface area contributed by atoms with Gasteiger partial charge in [0, 0.05) is 33.9 Å². The zero-order valence-corrected chi connectivity index (χ0v) is 25.5. The van der Waals surface area contributed by atoms with E-state index >= 15 is 0 Å². The molecule has 0 aliphatic carbocycles. The molecule has 6 N–H and O–H groups in total. The van der Waals surface area contributed by atoms with Crippen LogP contribution in [-0.4, -0.2) is 11.8 Å². The van der Waals surface area contributed by atoms with Crippen molar-refractivity contribution >= 4 is 34.6 Å². The third kappa shape index (κ3) is 7.27. The molecule has 0 saturated carbocycles. The summed E-state index contributed by atoms with van der Waals surface area (Å²) < 4.78 is 83.0. The SMILES string of the molecule is Cc1cc(NC(=O)c2ccc(C(=O)Nc3ccc(-c4ccc(N)cc4C)c(C(F)(F)F)c3)cc2)ccc1-c1ccc(N)cc1C(F)(F)F. The molecule has 0 saturated heterocycles. The van der Waals surface area contributed by atoms with E-state index in [0.29, 0.717) is 33.6 Å². The van der Waals surface area contributed by atoms with E-state index in [9.17, 15) is 35.9 Å². The summed E-state index contributed by atoms with van der Waals surface area (Å²) in [5.41, 5.74) is 12.0. The van der Waals surface area contributed by atoms with E-state index in [2.05, 4.69) is 10.6 Å². The molecule has 5 aromatic carbocycles. The Bertz CT molecular complexity index is 2040. The van der Waals surface area contributed by atoms with Crippen molar-refractivity contribution in [2.24, 2.45) is 0 Å². The molecule has 5 aromatic rings. The van der Waals surface area contributed by atoms with Gasteiger partial charge in [-0.1, -0.05) is 24.3 Å². The number of nitrogen functional groups attached to an aromatic ring is 2. The molecule has 12 heteroatoms. The topological polar surface area (TPSA) is 110 Å². The molecule has 2 amide bonds. The first-order valence-electron chi connectivity index (χ1n) is 14.4. The highest BCUT2D eigenvalue weighted by atomic mass is 19.4. The summed E-state index contributed by atoms with van der Waals surface area (Å²) in [6.45, 7) is 3.26. The van der Waals surface area contributed by atoms with E-state index in [-0.39, 0.29) is 33.6 Å². The number of carbonyl (C=O) groups is 2. The Labute approximate surface area is 271 Å². The summed E-state index contributed by atoms with van der Waals surface area (Å²) in [4.78, 5) is 25.8. The minimum atomic E-state index is -4.71. The van der Waals surface area contributed by atoms with Crippen molar-refractivity contribution < 1.29 is 35.9 Å². The van der Waals surface area contributed by atoms with Crippen molar-refractivity contribution in [3.05, 3.63) is 130 Å². The fourth-order valence-electron chi connectivity index (χ4n) is 5.33. The van der Waals surface area contributed by atoms with Crippen LogP contribution in [0.15, 0.2) is 97.1 Å². The first kappa shape index (κ1) is 33.6. The predicted molar refractivity (Wildman–Crippen MR) is 174 cm³/mol. The number of rotatable bonds is 6. The minimum Gasteiger partial charge on any atom is -0.399 e. The van der Waals surface area contributed by atoms with Gasteiger partial charge in [-0.05, 0) is 120 Å². The average Bonchev–Trinajstić information content (AvgIpc) is 3.01. The van der Waals surface area contributed by atoms with Crippen LogP contribution in [0.4, 0.5) is 49.1 Å². The van der Waals surface area contributed by atoms with Crippen LogP contribution in [0.5, 0.6) is 0 Å². The highest BCUT2D eigenvalue weighted by Gasteiger charge is 2.35. The molecule has 0 heterocycles. The maximum absolute atomic E-state index is 14.0. The number of carbonyl (C=O) groups excluding carboxylic acids is 2. The van der Waals surface area contributed by atoms with Gasteiger partial charge in [-0.25, -0.2) is 0 Å². The molecule has 48 heavy (non-hydrogen) atoms.